The highest BCUT2D eigenvalue weighted by Gasteiger charge is 2.19. The zero-order chi connectivity index (χ0) is 47.2. The lowest BCUT2D eigenvalue weighted by Gasteiger charge is -2.18. The summed E-state index contributed by atoms with van der Waals surface area (Å²) >= 11 is 0. The molecule has 0 aromatic rings. The minimum absolute atomic E-state index is 0.136. The van der Waals surface area contributed by atoms with Crippen molar-refractivity contribution in [1.82, 2.24) is 0 Å². The normalized spacial score (nSPS) is 13.6. The second kappa shape index (κ2) is 51.4. The van der Waals surface area contributed by atoms with Crippen molar-refractivity contribution in [2.24, 2.45) is 0 Å². The monoisotopic (exact) mass is 891 g/mol. The fourth-order valence-corrected chi connectivity index (χ4v) is 5.78. The van der Waals surface area contributed by atoms with Gasteiger partial charge in [-0.05, 0) is 109 Å². The van der Waals surface area contributed by atoms with Gasteiger partial charge in [-0.2, -0.15) is 0 Å². The molecule has 1 unspecified atom stereocenters. The molecule has 0 aliphatic heterocycles. The summed E-state index contributed by atoms with van der Waals surface area (Å²) in [5.41, 5.74) is 0. The number of esters is 3. The van der Waals surface area contributed by atoms with E-state index in [-0.39, 0.29) is 50.4 Å². The first-order valence-electron chi connectivity index (χ1n) is 24.7. The van der Waals surface area contributed by atoms with E-state index in [2.05, 4.69) is 118 Å². The molecule has 0 aliphatic carbocycles. The van der Waals surface area contributed by atoms with Crippen molar-refractivity contribution >= 4 is 17.9 Å². The fraction of sp³-hybridized carbons (Fsp3) is 0.475. The Morgan fingerprint density at radius 3 is 1.05 bits per heavy atom. The molecule has 0 saturated carbocycles. The zero-order valence-electron chi connectivity index (χ0n) is 40.7. The average Bonchev–Trinajstić information content (AvgIpc) is 3.30. The van der Waals surface area contributed by atoms with Gasteiger partial charge in [-0.15, -0.1) is 0 Å². The predicted molar refractivity (Wildman–Crippen MR) is 278 cm³/mol. The third-order valence-electron chi connectivity index (χ3n) is 9.39. The van der Waals surface area contributed by atoms with Crippen molar-refractivity contribution in [2.75, 3.05) is 13.2 Å². The Morgan fingerprint density at radius 1 is 0.323 bits per heavy atom. The molecule has 0 spiro atoms. The highest BCUT2D eigenvalue weighted by atomic mass is 16.6. The molecule has 0 aliphatic rings. The summed E-state index contributed by atoms with van der Waals surface area (Å²) in [7, 11) is 0. The van der Waals surface area contributed by atoms with Gasteiger partial charge in [0.1, 0.15) is 13.2 Å². The molecule has 0 heterocycles. The van der Waals surface area contributed by atoms with Crippen LogP contribution in [-0.4, -0.2) is 37.2 Å². The van der Waals surface area contributed by atoms with E-state index < -0.39 is 6.10 Å². The molecule has 65 heavy (non-hydrogen) atoms. The van der Waals surface area contributed by atoms with E-state index in [0.717, 1.165) is 103 Å². The van der Waals surface area contributed by atoms with Crippen LogP contribution in [0.3, 0.4) is 0 Å². The van der Waals surface area contributed by atoms with Crippen molar-refractivity contribution in [3.8, 4) is 0 Å². The van der Waals surface area contributed by atoms with Crippen LogP contribution in [0.1, 0.15) is 162 Å². The van der Waals surface area contributed by atoms with Crippen molar-refractivity contribution in [3.63, 3.8) is 0 Å². The molecule has 0 bridgehead atoms. The van der Waals surface area contributed by atoms with Crippen LogP contribution in [0.5, 0.6) is 0 Å². The molecule has 0 fully saturated rings. The minimum Gasteiger partial charge on any atom is -0.462 e. The molecule has 6 heteroatoms. The van der Waals surface area contributed by atoms with E-state index in [1.807, 2.05) is 72.9 Å². The van der Waals surface area contributed by atoms with Crippen LogP contribution in [-0.2, 0) is 28.6 Å². The molecule has 0 rings (SSSR count). The Bertz CT molecular complexity index is 1590. The SMILES string of the molecule is CC\C=C/C=C\C=C/C=C\C=C\C=C/C=C\CCCCCC(=O)OCC(COC(=O)CCCC/C=C\C/C=C\C/C=C\CC)OC(=O)CCCCC/C=C\C/C=C\C/C=C\C/C=C\CC. The van der Waals surface area contributed by atoms with Gasteiger partial charge in [0.05, 0.1) is 0 Å². The van der Waals surface area contributed by atoms with Crippen LogP contribution < -0.4 is 0 Å². The van der Waals surface area contributed by atoms with Crippen molar-refractivity contribution in [1.29, 1.82) is 0 Å². The summed E-state index contributed by atoms with van der Waals surface area (Å²) in [5.74, 6) is -1.07. The van der Waals surface area contributed by atoms with Crippen molar-refractivity contribution in [2.45, 2.75) is 168 Å². The van der Waals surface area contributed by atoms with Crippen molar-refractivity contribution < 1.29 is 28.6 Å². The Morgan fingerprint density at radius 2 is 0.631 bits per heavy atom. The maximum atomic E-state index is 12.8. The summed E-state index contributed by atoms with van der Waals surface area (Å²) in [6, 6.07) is 0. The second-order valence-corrected chi connectivity index (χ2v) is 15.4. The molecule has 358 valence electrons. The second-order valence-electron chi connectivity index (χ2n) is 15.4. The summed E-state index contributed by atoms with van der Waals surface area (Å²) in [5, 5.41) is 0. The third-order valence-corrected chi connectivity index (χ3v) is 9.39. The van der Waals surface area contributed by atoms with Gasteiger partial charge in [0.2, 0.25) is 0 Å². The number of unbranched alkanes of at least 4 members (excludes halogenated alkanes) is 8. The van der Waals surface area contributed by atoms with Crippen molar-refractivity contribution in [3.05, 3.63) is 170 Å². The lowest BCUT2D eigenvalue weighted by Crippen LogP contribution is -2.30. The first-order chi connectivity index (χ1) is 32.0. The van der Waals surface area contributed by atoms with Crippen LogP contribution in [0.2, 0.25) is 0 Å². The van der Waals surface area contributed by atoms with Crippen LogP contribution in [0.4, 0.5) is 0 Å². The highest BCUT2D eigenvalue weighted by Crippen LogP contribution is 2.10. The topological polar surface area (TPSA) is 78.9 Å². The smallest absolute Gasteiger partial charge is 0.306 e. The minimum atomic E-state index is -0.838. The maximum absolute atomic E-state index is 12.8. The molecule has 6 nitrogen and oxygen atoms in total. The summed E-state index contributed by atoms with van der Waals surface area (Å²) in [6.45, 7) is 6.12. The molecule has 0 amide bonds. The van der Waals surface area contributed by atoms with Gasteiger partial charge < -0.3 is 14.2 Å². The summed E-state index contributed by atoms with van der Waals surface area (Å²) in [6.07, 6.45) is 76.2. The number of carbonyl (C=O) groups is 3. The first kappa shape index (κ1) is 59.8. The number of hydrogen-bond acceptors (Lipinski definition) is 6. The van der Waals surface area contributed by atoms with E-state index in [9.17, 15) is 14.4 Å². The number of ether oxygens (including phenoxy) is 3. The molecule has 0 N–H and O–H groups in total. The molecule has 1 atom stereocenters. The van der Waals surface area contributed by atoms with Crippen LogP contribution >= 0.6 is 0 Å². The number of rotatable bonds is 41. The Kier molecular flexibility index (Phi) is 47.3. The van der Waals surface area contributed by atoms with E-state index >= 15 is 0 Å². The maximum Gasteiger partial charge on any atom is 0.306 e. The standard InChI is InChI=1S/C59H86O6/c1-4-7-10-13-16-19-22-25-27-29-30-31-33-34-37-40-43-46-49-52-58(61)64-55-56(54-63-57(60)51-48-45-42-39-36-24-21-18-15-12-9-6-3)65-59(62)53-50-47-44-41-38-35-32-28-26-23-20-17-14-11-8-5-2/h7-13,16-22,25-31,33-39,56H,4-6,14-15,23-24,32,40-55H2,1-3H3/b10-7-,11-8-,12-9-,16-13-,20-17-,21-18-,22-19-,27-25-,28-26-,30-29+,33-31-,37-34-,38-35-,39-36-. The van der Waals surface area contributed by atoms with Gasteiger partial charge in [-0.3, -0.25) is 14.4 Å². The molecular formula is C59H86O6. The fourth-order valence-electron chi connectivity index (χ4n) is 5.78. The van der Waals surface area contributed by atoms with Gasteiger partial charge in [0.25, 0.3) is 0 Å². The summed E-state index contributed by atoms with van der Waals surface area (Å²) in [4.78, 5) is 37.9. The van der Waals surface area contributed by atoms with Gasteiger partial charge in [-0.25, -0.2) is 0 Å². The molecule has 0 radical (unpaired) electrons. The Hall–Kier alpha value is -5.23. The third kappa shape index (κ3) is 49.6. The van der Waals surface area contributed by atoms with Gasteiger partial charge >= 0.3 is 17.9 Å². The van der Waals surface area contributed by atoms with Gasteiger partial charge in [0, 0.05) is 19.3 Å². The molecule has 0 saturated heterocycles. The lowest BCUT2D eigenvalue weighted by molar-refractivity contribution is -0.167. The van der Waals surface area contributed by atoms with Gasteiger partial charge in [-0.1, -0.05) is 204 Å². The Labute approximate surface area is 396 Å². The number of carbonyl (C=O) groups excluding carboxylic acids is 3. The van der Waals surface area contributed by atoms with E-state index in [0.29, 0.717) is 19.3 Å². The molecule has 0 aromatic carbocycles. The van der Waals surface area contributed by atoms with Gasteiger partial charge in [0.15, 0.2) is 6.10 Å². The quantitative estimate of drug-likeness (QED) is 0.0200. The van der Waals surface area contributed by atoms with E-state index in [1.165, 1.54) is 0 Å². The first-order valence-corrected chi connectivity index (χ1v) is 24.7. The van der Waals surface area contributed by atoms with Crippen LogP contribution in [0.15, 0.2) is 170 Å². The average molecular weight is 891 g/mol. The number of hydrogen-bond donors (Lipinski definition) is 0. The Balaban J connectivity index is 4.64. The van der Waals surface area contributed by atoms with E-state index in [4.69, 9.17) is 14.2 Å². The van der Waals surface area contributed by atoms with Crippen LogP contribution in [0, 0.1) is 0 Å². The largest absolute Gasteiger partial charge is 0.462 e. The highest BCUT2D eigenvalue weighted by molar-refractivity contribution is 5.71. The van der Waals surface area contributed by atoms with Crippen LogP contribution in [0.25, 0.3) is 0 Å². The molecule has 0 aromatic heterocycles. The zero-order valence-corrected chi connectivity index (χ0v) is 40.7. The van der Waals surface area contributed by atoms with E-state index in [1.54, 1.807) is 0 Å². The predicted octanol–water partition coefficient (Wildman–Crippen LogP) is 16.4. The lowest BCUT2D eigenvalue weighted by atomic mass is 10.1. The summed E-state index contributed by atoms with van der Waals surface area (Å²) < 4.78 is 16.7. The molecular weight excluding hydrogens is 805 g/mol. The number of allylic oxidation sites excluding steroid dienone is 28.